The van der Waals surface area contributed by atoms with Crippen LogP contribution in [0.5, 0.6) is 0 Å². The van der Waals surface area contributed by atoms with Gasteiger partial charge in [0.05, 0.1) is 19.3 Å². The summed E-state index contributed by atoms with van der Waals surface area (Å²) >= 11 is 0. The van der Waals surface area contributed by atoms with Crippen LogP contribution in [0.25, 0.3) is 0 Å². The molecule has 0 aliphatic carbocycles. The predicted molar refractivity (Wildman–Crippen MR) is 63.5 cm³/mol. The van der Waals surface area contributed by atoms with E-state index in [4.69, 9.17) is 19.3 Å². The third-order valence-electron chi connectivity index (χ3n) is 3.30. The van der Waals surface area contributed by atoms with Crippen molar-refractivity contribution in [1.29, 1.82) is 0 Å². The van der Waals surface area contributed by atoms with E-state index in [9.17, 15) is 4.79 Å². The Morgan fingerprint density at radius 3 is 2.61 bits per heavy atom. The Labute approximate surface area is 107 Å². The second-order valence-corrected chi connectivity index (χ2v) is 5.25. The van der Waals surface area contributed by atoms with Gasteiger partial charge in [-0.15, -0.1) is 0 Å². The second kappa shape index (κ2) is 5.42. The molecule has 0 spiro atoms. The fraction of sp³-hybridized carbons (Fsp3) is 0.917. The van der Waals surface area contributed by atoms with E-state index < -0.39 is 11.9 Å². The van der Waals surface area contributed by atoms with Gasteiger partial charge in [-0.3, -0.25) is 0 Å². The van der Waals surface area contributed by atoms with E-state index in [1.807, 2.05) is 13.8 Å². The molecule has 104 valence electrons. The van der Waals surface area contributed by atoms with Crippen LogP contribution in [0.3, 0.4) is 0 Å². The number of likely N-dealkylation sites (tertiary alicyclic amines) is 1. The molecule has 1 atom stereocenters. The number of ether oxygens (including phenoxy) is 3. The quantitative estimate of drug-likeness (QED) is 0.827. The largest absolute Gasteiger partial charge is 0.465 e. The van der Waals surface area contributed by atoms with Crippen molar-refractivity contribution < 1.29 is 24.1 Å². The van der Waals surface area contributed by atoms with E-state index in [-0.39, 0.29) is 12.2 Å². The van der Waals surface area contributed by atoms with Crippen LogP contribution < -0.4 is 0 Å². The fourth-order valence-electron chi connectivity index (χ4n) is 2.30. The fourth-order valence-corrected chi connectivity index (χ4v) is 2.30. The number of amides is 1. The molecular formula is C12H21NO5. The maximum atomic E-state index is 10.7. The van der Waals surface area contributed by atoms with Gasteiger partial charge in [0, 0.05) is 13.1 Å². The van der Waals surface area contributed by atoms with Crippen molar-refractivity contribution >= 4 is 6.09 Å². The molecule has 2 rings (SSSR count). The third kappa shape index (κ3) is 3.57. The summed E-state index contributed by atoms with van der Waals surface area (Å²) in [4.78, 5) is 12.2. The molecule has 0 radical (unpaired) electrons. The highest BCUT2D eigenvalue weighted by molar-refractivity contribution is 5.64. The zero-order chi connectivity index (χ0) is 13.2. The highest BCUT2D eigenvalue weighted by Gasteiger charge is 2.33. The number of nitrogens with zero attached hydrogens (tertiary/aromatic N) is 1. The minimum absolute atomic E-state index is 0.0162. The van der Waals surface area contributed by atoms with Gasteiger partial charge in [-0.05, 0) is 26.7 Å². The Bertz CT molecular complexity index is 299. The van der Waals surface area contributed by atoms with Crippen LogP contribution in [0, 0.1) is 0 Å². The topological polar surface area (TPSA) is 68.2 Å². The first-order valence-electron chi connectivity index (χ1n) is 6.37. The number of hydrogen-bond donors (Lipinski definition) is 1. The van der Waals surface area contributed by atoms with Gasteiger partial charge in [0.1, 0.15) is 6.10 Å². The monoisotopic (exact) mass is 259 g/mol. The number of hydrogen-bond acceptors (Lipinski definition) is 4. The second-order valence-electron chi connectivity index (χ2n) is 5.25. The first-order chi connectivity index (χ1) is 8.46. The first kappa shape index (κ1) is 13.6. The van der Waals surface area contributed by atoms with Gasteiger partial charge in [-0.2, -0.15) is 0 Å². The van der Waals surface area contributed by atoms with E-state index in [2.05, 4.69) is 0 Å². The Morgan fingerprint density at radius 2 is 2.11 bits per heavy atom. The van der Waals surface area contributed by atoms with E-state index in [1.54, 1.807) is 0 Å². The molecule has 2 saturated heterocycles. The molecule has 2 fully saturated rings. The summed E-state index contributed by atoms with van der Waals surface area (Å²) in [6.07, 6.45) is 0.778. The van der Waals surface area contributed by atoms with Crippen LogP contribution in [0.2, 0.25) is 0 Å². The molecule has 18 heavy (non-hydrogen) atoms. The smallest absolute Gasteiger partial charge is 0.407 e. The van der Waals surface area contributed by atoms with Crippen molar-refractivity contribution in [3.05, 3.63) is 0 Å². The normalized spacial score (nSPS) is 28.6. The predicted octanol–water partition coefficient (Wildman–Crippen LogP) is 1.30. The maximum Gasteiger partial charge on any atom is 0.407 e. The van der Waals surface area contributed by atoms with Gasteiger partial charge < -0.3 is 24.2 Å². The van der Waals surface area contributed by atoms with Gasteiger partial charge in [-0.1, -0.05) is 0 Å². The standard InChI is InChI=1S/C12H21NO5/c1-12(2)17-8-10(18-12)7-16-9-3-5-13(6-4-9)11(14)15/h9-10H,3-8H2,1-2H3,(H,14,15)/t10-/m0/s1. The van der Waals surface area contributed by atoms with Crippen LogP contribution in [-0.4, -0.2) is 60.4 Å². The van der Waals surface area contributed by atoms with Crippen molar-refractivity contribution in [3.63, 3.8) is 0 Å². The number of rotatable bonds is 3. The molecule has 2 aliphatic rings. The van der Waals surface area contributed by atoms with Gasteiger partial charge >= 0.3 is 6.09 Å². The molecule has 0 bridgehead atoms. The van der Waals surface area contributed by atoms with E-state index in [0.29, 0.717) is 26.3 Å². The SMILES string of the molecule is CC1(C)OC[C@H](COC2CCN(C(=O)O)CC2)O1. The minimum Gasteiger partial charge on any atom is -0.465 e. The summed E-state index contributed by atoms with van der Waals surface area (Å²) in [5.74, 6) is -0.513. The first-order valence-corrected chi connectivity index (χ1v) is 6.37. The molecule has 2 aliphatic heterocycles. The van der Waals surface area contributed by atoms with Crippen molar-refractivity contribution in [3.8, 4) is 0 Å². The van der Waals surface area contributed by atoms with Crippen LogP contribution in [0.4, 0.5) is 4.79 Å². The molecule has 2 heterocycles. The van der Waals surface area contributed by atoms with Gasteiger partial charge in [0.15, 0.2) is 5.79 Å². The molecule has 0 saturated carbocycles. The highest BCUT2D eigenvalue weighted by Crippen LogP contribution is 2.23. The lowest BCUT2D eigenvalue weighted by atomic mass is 10.1. The summed E-state index contributed by atoms with van der Waals surface area (Å²) in [7, 11) is 0. The zero-order valence-corrected chi connectivity index (χ0v) is 10.9. The molecule has 1 amide bonds. The average Bonchev–Trinajstić information content (AvgIpc) is 2.67. The van der Waals surface area contributed by atoms with Crippen molar-refractivity contribution in [1.82, 2.24) is 4.90 Å². The summed E-state index contributed by atoms with van der Waals surface area (Å²) in [5.41, 5.74) is 0. The van der Waals surface area contributed by atoms with E-state index in [1.165, 1.54) is 4.90 Å². The van der Waals surface area contributed by atoms with Crippen molar-refractivity contribution in [2.75, 3.05) is 26.3 Å². The molecular weight excluding hydrogens is 238 g/mol. The Morgan fingerprint density at radius 1 is 1.44 bits per heavy atom. The summed E-state index contributed by atoms with van der Waals surface area (Å²) in [5, 5.41) is 8.83. The summed E-state index contributed by atoms with van der Waals surface area (Å²) in [6.45, 7) is 5.94. The van der Waals surface area contributed by atoms with E-state index in [0.717, 1.165) is 12.8 Å². The van der Waals surface area contributed by atoms with Crippen LogP contribution in [0.1, 0.15) is 26.7 Å². The molecule has 0 unspecified atom stereocenters. The summed E-state index contributed by atoms with van der Waals surface area (Å²) < 4.78 is 16.9. The Balaban J connectivity index is 1.65. The number of carbonyl (C=O) groups is 1. The molecule has 0 aromatic heterocycles. The number of carboxylic acid groups (broad SMARTS) is 1. The van der Waals surface area contributed by atoms with Gasteiger partial charge in [0.2, 0.25) is 0 Å². The Kier molecular flexibility index (Phi) is 4.09. The lowest BCUT2D eigenvalue weighted by Gasteiger charge is -2.30. The van der Waals surface area contributed by atoms with Crippen LogP contribution in [0.15, 0.2) is 0 Å². The lowest BCUT2D eigenvalue weighted by molar-refractivity contribution is -0.148. The minimum atomic E-state index is -0.845. The van der Waals surface area contributed by atoms with Crippen LogP contribution in [-0.2, 0) is 14.2 Å². The Hall–Kier alpha value is -0.850. The highest BCUT2D eigenvalue weighted by atomic mass is 16.7. The van der Waals surface area contributed by atoms with Gasteiger partial charge in [-0.25, -0.2) is 4.79 Å². The zero-order valence-electron chi connectivity index (χ0n) is 10.9. The molecule has 6 heteroatoms. The van der Waals surface area contributed by atoms with Crippen molar-refractivity contribution in [2.45, 2.75) is 44.7 Å². The molecule has 6 nitrogen and oxygen atoms in total. The molecule has 0 aromatic rings. The lowest BCUT2D eigenvalue weighted by Crippen LogP contribution is -2.40. The summed E-state index contributed by atoms with van der Waals surface area (Å²) in [6, 6.07) is 0. The molecule has 0 aromatic carbocycles. The van der Waals surface area contributed by atoms with E-state index >= 15 is 0 Å². The van der Waals surface area contributed by atoms with Gasteiger partial charge in [0.25, 0.3) is 0 Å². The third-order valence-corrected chi connectivity index (χ3v) is 3.30. The maximum absolute atomic E-state index is 10.7. The van der Waals surface area contributed by atoms with Crippen molar-refractivity contribution in [2.24, 2.45) is 0 Å². The number of piperidine rings is 1. The van der Waals surface area contributed by atoms with Crippen LogP contribution >= 0.6 is 0 Å². The molecule has 1 N–H and O–H groups in total. The average molecular weight is 259 g/mol.